The molecule has 0 aliphatic rings. The van der Waals surface area contributed by atoms with Crippen LogP contribution in [0.25, 0.3) is 0 Å². The quantitative estimate of drug-likeness (QED) is 0.668. The second kappa shape index (κ2) is 8.10. The maximum atomic E-state index is 13.8. The first-order chi connectivity index (χ1) is 12.6. The van der Waals surface area contributed by atoms with Crippen molar-refractivity contribution >= 4 is 27.6 Å². The summed E-state index contributed by atoms with van der Waals surface area (Å²) >= 11 is 0. The second-order valence-electron chi connectivity index (χ2n) is 5.66. The highest BCUT2D eigenvalue weighted by molar-refractivity contribution is 7.89. The van der Waals surface area contributed by atoms with Gasteiger partial charge in [0.15, 0.2) is 0 Å². The van der Waals surface area contributed by atoms with Crippen molar-refractivity contribution in [1.82, 2.24) is 14.6 Å². The van der Waals surface area contributed by atoms with Crippen LogP contribution >= 0.6 is 0 Å². The van der Waals surface area contributed by atoms with Crippen molar-refractivity contribution in [2.24, 2.45) is 5.73 Å². The van der Waals surface area contributed by atoms with E-state index in [0.717, 1.165) is 16.4 Å². The van der Waals surface area contributed by atoms with E-state index >= 15 is 0 Å². The Labute approximate surface area is 155 Å². The van der Waals surface area contributed by atoms with Gasteiger partial charge in [0.2, 0.25) is 10.0 Å². The molecule has 0 aliphatic heterocycles. The lowest BCUT2D eigenvalue weighted by molar-refractivity contribution is 0.0995. The second-order valence-corrected chi connectivity index (χ2v) is 7.78. The smallest absolute Gasteiger partial charge is 0.319 e. The van der Waals surface area contributed by atoms with Crippen molar-refractivity contribution in [3.8, 4) is 0 Å². The van der Waals surface area contributed by atoms with Crippen LogP contribution in [-0.2, 0) is 16.6 Å². The molecule has 0 radical (unpaired) electrons. The molecule has 9 nitrogen and oxygen atoms in total. The van der Waals surface area contributed by atoms with Crippen molar-refractivity contribution in [1.29, 1.82) is 0 Å². The minimum atomic E-state index is -3.99. The van der Waals surface area contributed by atoms with Gasteiger partial charge in [0, 0.05) is 32.5 Å². The standard InChI is InChI=1S/C16H18FN5O4S/c1-22(2)27(25,26)14-7-11(4-5-12(14)17)21-16(24)20-9-10-3-6-13(15(18)23)19-8-10/h3-8H,9H2,1-2H3,(H2,18,23)(H2,20,21,24). The fourth-order valence-electron chi connectivity index (χ4n) is 2.01. The van der Waals surface area contributed by atoms with Crippen molar-refractivity contribution in [2.45, 2.75) is 11.4 Å². The van der Waals surface area contributed by atoms with Gasteiger partial charge in [-0.15, -0.1) is 0 Å². The number of carbonyl (C=O) groups excluding carboxylic acids is 2. The van der Waals surface area contributed by atoms with Crippen LogP contribution in [0, 0.1) is 5.82 Å². The summed E-state index contributed by atoms with van der Waals surface area (Å²) in [5, 5.41) is 4.96. The normalized spacial score (nSPS) is 11.3. The molecule has 2 rings (SSSR count). The SMILES string of the molecule is CN(C)S(=O)(=O)c1cc(NC(=O)NCc2ccc(C(N)=O)nc2)ccc1F. The van der Waals surface area contributed by atoms with Gasteiger partial charge in [0.05, 0.1) is 0 Å². The number of aromatic nitrogens is 1. The van der Waals surface area contributed by atoms with Crippen molar-refractivity contribution in [2.75, 3.05) is 19.4 Å². The first kappa shape index (κ1) is 20.3. The number of pyridine rings is 1. The van der Waals surface area contributed by atoms with Gasteiger partial charge in [0.1, 0.15) is 16.4 Å². The summed E-state index contributed by atoms with van der Waals surface area (Å²) in [6, 6.07) is 5.61. The number of sulfonamides is 1. The van der Waals surface area contributed by atoms with E-state index in [-0.39, 0.29) is 17.9 Å². The number of benzene rings is 1. The van der Waals surface area contributed by atoms with Gasteiger partial charge < -0.3 is 16.4 Å². The van der Waals surface area contributed by atoms with Crippen molar-refractivity contribution < 1.29 is 22.4 Å². The Kier molecular flexibility index (Phi) is 6.08. The predicted molar refractivity (Wildman–Crippen MR) is 95.9 cm³/mol. The Morgan fingerprint density at radius 3 is 2.48 bits per heavy atom. The van der Waals surface area contributed by atoms with Gasteiger partial charge in [-0.1, -0.05) is 6.07 Å². The largest absolute Gasteiger partial charge is 0.364 e. The van der Waals surface area contributed by atoms with Gasteiger partial charge in [0.25, 0.3) is 5.91 Å². The zero-order chi connectivity index (χ0) is 20.2. The number of carbonyl (C=O) groups is 2. The first-order valence-corrected chi connectivity index (χ1v) is 9.07. The van der Waals surface area contributed by atoms with E-state index in [1.165, 1.54) is 32.4 Å². The van der Waals surface area contributed by atoms with Crippen LogP contribution in [0.15, 0.2) is 41.4 Å². The van der Waals surface area contributed by atoms with Gasteiger partial charge in [-0.2, -0.15) is 0 Å². The Morgan fingerprint density at radius 1 is 1.22 bits per heavy atom. The molecule has 1 aromatic heterocycles. The number of anilines is 1. The molecule has 0 saturated carbocycles. The monoisotopic (exact) mass is 395 g/mol. The maximum absolute atomic E-state index is 13.8. The third-order valence-electron chi connectivity index (χ3n) is 3.48. The molecule has 4 N–H and O–H groups in total. The molecule has 0 spiro atoms. The number of nitrogens with two attached hydrogens (primary N) is 1. The van der Waals surface area contributed by atoms with E-state index in [1.807, 2.05) is 0 Å². The summed E-state index contributed by atoms with van der Waals surface area (Å²) in [7, 11) is -1.44. The van der Waals surface area contributed by atoms with Gasteiger partial charge >= 0.3 is 6.03 Å². The summed E-state index contributed by atoms with van der Waals surface area (Å²) in [5.74, 6) is -1.58. The van der Waals surface area contributed by atoms with Crippen LogP contribution in [0.2, 0.25) is 0 Å². The topological polar surface area (TPSA) is 134 Å². The molecule has 144 valence electrons. The van der Waals surface area contributed by atoms with E-state index in [2.05, 4.69) is 15.6 Å². The Balaban J connectivity index is 2.04. The highest BCUT2D eigenvalue weighted by Crippen LogP contribution is 2.21. The average molecular weight is 395 g/mol. The molecule has 0 bridgehead atoms. The molecule has 27 heavy (non-hydrogen) atoms. The Morgan fingerprint density at radius 2 is 1.93 bits per heavy atom. The van der Waals surface area contributed by atoms with Crippen molar-refractivity contribution in [3.05, 3.63) is 53.6 Å². The first-order valence-electron chi connectivity index (χ1n) is 7.63. The fourth-order valence-corrected chi connectivity index (χ4v) is 2.99. The van der Waals surface area contributed by atoms with Gasteiger partial charge in [-0.25, -0.2) is 21.9 Å². The van der Waals surface area contributed by atoms with Crippen LogP contribution in [0.5, 0.6) is 0 Å². The molecule has 1 heterocycles. The number of urea groups is 1. The zero-order valence-corrected chi connectivity index (χ0v) is 15.4. The minimum Gasteiger partial charge on any atom is -0.364 e. The summed E-state index contributed by atoms with van der Waals surface area (Å²) in [4.78, 5) is 26.2. The third kappa shape index (κ3) is 4.99. The van der Waals surface area contributed by atoms with Crippen LogP contribution in [0.3, 0.4) is 0 Å². The number of nitrogens with one attached hydrogen (secondary N) is 2. The molecule has 1 aromatic carbocycles. The Bertz CT molecular complexity index is 961. The molecule has 0 atom stereocenters. The summed E-state index contributed by atoms with van der Waals surface area (Å²) in [6.45, 7) is 0.0991. The highest BCUT2D eigenvalue weighted by Gasteiger charge is 2.22. The van der Waals surface area contributed by atoms with Gasteiger partial charge in [-0.3, -0.25) is 9.78 Å². The fraction of sp³-hybridized carbons (Fsp3) is 0.188. The molecule has 0 saturated heterocycles. The lowest BCUT2D eigenvalue weighted by Crippen LogP contribution is -2.28. The van der Waals surface area contributed by atoms with E-state index in [0.29, 0.717) is 5.56 Å². The highest BCUT2D eigenvalue weighted by atomic mass is 32.2. The van der Waals surface area contributed by atoms with E-state index in [1.54, 1.807) is 6.07 Å². The van der Waals surface area contributed by atoms with Crippen molar-refractivity contribution in [3.63, 3.8) is 0 Å². The molecule has 3 amide bonds. The third-order valence-corrected chi connectivity index (χ3v) is 5.31. The maximum Gasteiger partial charge on any atom is 0.319 e. The van der Waals surface area contributed by atoms with Crippen LogP contribution in [0.1, 0.15) is 16.1 Å². The van der Waals surface area contributed by atoms with Gasteiger partial charge in [-0.05, 0) is 29.8 Å². The number of amides is 3. The van der Waals surface area contributed by atoms with E-state index in [4.69, 9.17) is 5.73 Å². The molecular formula is C16H18FN5O4S. The van der Waals surface area contributed by atoms with Crippen LogP contribution in [0.4, 0.5) is 14.9 Å². The van der Waals surface area contributed by atoms with E-state index in [9.17, 15) is 22.4 Å². The number of halogens is 1. The predicted octanol–water partition coefficient (Wildman–Crippen LogP) is 0.892. The molecule has 0 unspecified atom stereocenters. The molecule has 0 fully saturated rings. The number of nitrogens with zero attached hydrogens (tertiary/aromatic N) is 2. The minimum absolute atomic E-state index is 0.0991. The summed E-state index contributed by atoms with van der Waals surface area (Å²) in [6.07, 6.45) is 1.39. The lowest BCUT2D eigenvalue weighted by atomic mass is 10.2. The molecular weight excluding hydrogens is 377 g/mol. The lowest BCUT2D eigenvalue weighted by Gasteiger charge is -2.14. The molecule has 11 heteroatoms. The number of hydrogen-bond acceptors (Lipinski definition) is 5. The molecule has 0 aliphatic carbocycles. The number of rotatable bonds is 6. The van der Waals surface area contributed by atoms with Crippen LogP contribution < -0.4 is 16.4 Å². The van der Waals surface area contributed by atoms with Crippen LogP contribution in [-0.4, -0.2) is 43.7 Å². The number of primary amides is 1. The summed E-state index contributed by atoms with van der Waals surface area (Å²) < 4.78 is 38.9. The van der Waals surface area contributed by atoms with E-state index < -0.39 is 32.7 Å². The zero-order valence-electron chi connectivity index (χ0n) is 14.6. The average Bonchev–Trinajstić information content (AvgIpc) is 2.61. The molecule has 2 aromatic rings. The Hall–Kier alpha value is -3.05. The number of hydrogen-bond donors (Lipinski definition) is 3. The summed E-state index contributed by atoms with van der Waals surface area (Å²) in [5.41, 5.74) is 5.92.